The summed E-state index contributed by atoms with van der Waals surface area (Å²) in [4.78, 5) is 1.16. The fourth-order valence-corrected chi connectivity index (χ4v) is 3.10. The molecular weight excluding hydrogens is 245 g/mol. The van der Waals surface area contributed by atoms with Crippen LogP contribution in [0.2, 0.25) is 0 Å². The molecule has 1 fully saturated rings. The first kappa shape index (κ1) is 13.8. The quantitative estimate of drug-likeness (QED) is 0.880. The summed E-state index contributed by atoms with van der Waals surface area (Å²) in [5.41, 5.74) is 5.85. The first-order valence-electron chi connectivity index (χ1n) is 5.42. The zero-order chi connectivity index (χ0) is 10.7. The van der Waals surface area contributed by atoms with Crippen molar-refractivity contribution in [3.63, 3.8) is 0 Å². The molecule has 0 heterocycles. The van der Waals surface area contributed by atoms with Crippen molar-refractivity contribution in [1.82, 2.24) is 0 Å². The summed E-state index contributed by atoms with van der Waals surface area (Å²) in [6, 6.07) is 7.16. The smallest absolute Gasteiger partial charge is 0.123 e. The van der Waals surface area contributed by atoms with Gasteiger partial charge in [0.1, 0.15) is 5.82 Å². The molecular formula is C12H17ClFNS. The van der Waals surface area contributed by atoms with Crippen LogP contribution >= 0.6 is 24.2 Å². The van der Waals surface area contributed by atoms with Crippen molar-refractivity contribution in [3.8, 4) is 0 Å². The third-order valence-electron chi connectivity index (χ3n) is 2.84. The van der Waals surface area contributed by atoms with Gasteiger partial charge in [-0.05, 0) is 49.9 Å². The van der Waals surface area contributed by atoms with Crippen molar-refractivity contribution < 1.29 is 4.39 Å². The number of hydrogen-bond donors (Lipinski definition) is 1. The Kier molecular flexibility index (Phi) is 5.59. The van der Waals surface area contributed by atoms with Crippen LogP contribution in [0.5, 0.6) is 0 Å². The number of benzene rings is 1. The second kappa shape index (κ2) is 6.48. The summed E-state index contributed by atoms with van der Waals surface area (Å²) in [6.45, 7) is 0. The van der Waals surface area contributed by atoms with Crippen LogP contribution in [0.25, 0.3) is 0 Å². The molecule has 0 spiro atoms. The molecule has 90 valence electrons. The minimum absolute atomic E-state index is 0. The van der Waals surface area contributed by atoms with Crippen molar-refractivity contribution >= 4 is 24.2 Å². The number of hydrogen-bond acceptors (Lipinski definition) is 2. The molecule has 16 heavy (non-hydrogen) atoms. The van der Waals surface area contributed by atoms with E-state index in [0.29, 0.717) is 11.3 Å². The largest absolute Gasteiger partial charge is 0.328 e. The maximum absolute atomic E-state index is 12.7. The number of thioether (sulfide) groups is 1. The lowest BCUT2D eigenvalue weighted by Gasteiger charge is -2.25. The molecule has 0 atom stereocenters. The van der Waals surface area contributed by atoms with Gasteiger partial charge < -0.3 is 5.73 Å². The second-order valence-electron chi connectivity index (χ2n) is 4.11. The van der Waals surface area contributed by atoms with Crippen molar-refractivity contribution in [2.24, 2.45) is 5.73 Å². The zero-order valence-corrected chi connectivity index (χ0v) is 10.7. The van der Waals surface area contributed by atoms with E-state index in [1.807, 2.05) is 23.9 Å². The lowest BCUT2D eigenvalue weighted by Crippen LogP contribution is -2.27. The van der Waals surface area contributed by atoms with E-state index in [-0.39, 0.29) is 18.2 Å². The van der Waals surface area contributed by atoms with Gasteiger partial charge in [-0.3, -0.25) is 0 Å². The predicted octanol–water partition coefficient (Wildman–Crippen LogP) is 3.61. The van der Waals surface area contributed by atoms with Crippen LogP contribution < -0.4 is 5.73 Å². The van der Waals surface area contributed by atoms with Gasteiger partial charge in [-0.25, -0.2) is 4.39 Å². The van der Waals surface area contributed by atoms with Crippen LogP contribution in [0.3, 0.4) is 0 Å². The molecule has 0 radical (unpaired) electrons. The van der Waals surface area contributed by atoms with Gasteiger partial charge in [0.25, 0.3) is 0 Å². The van der Waals surface area contributed by atoms with Gasteiger partial charge in [0.05, 0.1) is 0 Å². The van der Waals surface area contributed by atoms with Gasteiger partial charge in [0.2, 0.25) is 0 Å². The van der Waals surface area contributed by atoms with Crippen molar-refractivity contribution in [1.29, 1.82) is 0 Å². The van der Waals surface area contributed by atoms with E-state index in [1.54, 1.807) is 0 Å². The topological polar surface area (TPSA) is 26.0 Å². The Morgan fingerprint density at radius 2 is 1.62 bits per heavy atom. The van der Waals surface area contributed by atoms with Crippen LogP contribution in [-0.4, -0.2) is 11.3 Å². The van der Waals surface area contributed by atoms with Crippen LogP contribution in [0.1, 0.15) is 25.7 Å². The summed E-state index contributed by atoms with van der Waals surface area (Å²) in [5.74, 6) is -0.162. The predicted molar refractivity (Wildman–Crippen MR) is 69.7 cm³/mol. The molecule has 0 unspecified atom stereocenters. The van der Waals surface area contributed by atoms with Crippen LogP contribution in [0.4, 0.5) is 4.39 Å². The second-order valence-corrected chi connectivity index (χ2v) is 5.48. The average molecular weight is 262 g/mol. The summed E-state index contributed by atoms with van der Waals surface area (Å²) in [7, 11) is 0. The Hall–Kier alpha value is -0.250. The molecule has 1 aromatic rings. The first-order chi connectivity index (χ1) is 7.24. The Morgan fingerprint density at radius 1 is 1.06 bits per heavy atom. The summed E-state index contributed by atoms with van der Waals surface area (Å²) < 4.78 is 12.7. The molecule has 1 saturated carbocycles. The molecule has 2 N–H and O–H groups in total. The van der Waals surface area contributed by atoms with Crippen molar-refractivity contribution in [3.05, 3.63) is 30.1 Å². The molecule has 0 bridgehead atoms. The molecule has 0 aliphatic heterocycles. The highest BCUT2D eigenvalue weighted by molar-refractivity contribution is 8.00. The monoisotopic (exact) mass is 261 g/mol. The third kappa shape index (κ3) is 3.96. The summed E-state index contributed by atoms with van der Waals surface area (Å²) in [6.07, 6.45) is 4.62. The van der Waals surface area contributed by atoms with E-state index in [0.717, 1.165) is 17.7 Å². The Labute approximate surface area is 106 Å². The normalized spacial score (nSPS) is 24.9. The van der Waals surface area contributed by atoms with E-state index < -0.39 is 0 Å². The van der Waals surface area contributed by atoms with Gasteiger partial charge in [0, 0.05) is 16.2 Å². The standard InChI is InChI=1S/C12H16FNS.ClH/c13-9-1-5-11(6-2-9)15-12-7-3-10(14)4-8-12;/h1-2,5-6,10,12H,3-4,7-8,14H2;1H. The molecule has 1 aliphatic rings. The lowest BCUT2D eigenvalue weighted by atomic mass is 9.96. The molecule has 1 aliphatic carbocycles. The SMILES string of the molecule is Cl.NC1CCC(Sc2ccc(F)cc2)CC1. The van der Waals surface area contributed by atoms with E-state index >= 15 is 0 Å². The van der Waals surface area contributed by atoms with Crippen LogP contribution in [0.15, 0.2) is 29.2 Å². The van der Waals surface area contributed by atoms with Crippen LogP contribution in [-0.2, 0) is 0 Å². The summed E-state index contributed by atoms with van der Waals surface area (Å²) in [5, 5.41) is 0.662. The summed E-state index contributed by atoms with van der Waals surface area (Å²) >= 11 is 1.85. The number of rotatable bonds is 2. The maximum Gasteiger partial charge on any atom is 0.123 e. The van der Waals surface area contributed by atoms with E-state index in [9.17, 15) is 4.39 Å². The highest BCUT2D eigenvalue weighted by Crippen LogP contribution is 2.33. The molecule has 0 saturated heterocycles. The van der Waals surface area contributed by atoms with Gasteiger partial charge in [-0.2, -0.15) is 0 Å². The first-order valence-corrected chi connectivity index (χ1v) is 6.30. The average Bonchev–Trinajstić information content (AvgIpc) is 2.25. The molecule has 1 aromatic carbocycles. The number of halogens is 2. The maximum atomic E-state index is 12.7. The van der Waals surface area contributed by atoms with Gasteiger partial charge >= 0.3 is 0 Å². The highest BCUT2D eigenvalue weighted by atomic mass is 35.5. The van der Waals surface area contributed by atoms with Crippen LogP contribution in [0, 0.1) is 5.82 Å². The van der Waals surface area contributed by atoms with Gasteiger partial charge in [-0.1, -0.05) is 0 Å². The van der Waals surface area contributed by atoms with Gasteiger partial charge in [-0.15, -0.1) is 24.2 Å². The van der Waals surface area contributed by atoms with E-state index in [4.69, 9.17) is 5.73 Å². The van der Waals surface area contributed by atoms with Crippen molar-refractivity contribution in [2.75, 3.05) is 0 Å². The zero-order valence-electron chi connectivity index (χ0n) is 9.06. The Morgan fingerprint density at radius 3 is 2.19 bits per heavy atom. The lowest BCUT2D eigenvalue weighted by molar-refractivity contribution is 0.451. The highest BCUT2D eigenvalue weighted by Gasteiger charge is 2.19. The Bertz CT molecular complexity index is 309. The fraction of sp³-hybridized carbons (Fsp3) is 0.500. The molecule has 2 rings (SSSR count). The molecule has 4 heteroatoms. The van der Waals surface area contributed by atoms with Gasteiger partial charge in [0.15, 0.2) is 0 Å². The van der Waals surface area contributed by atoms with E-state index in [2.05, 4.69) is 0 Å². The molecule has 1 nitrogen and oxygen atoms in total. The molecule has 0 amide bonds. The van der Waals surface area contributed by atoms with E-state index in [1.165, 1.54) is 25.0 Å². The third-order valence-corrected chi connectivity index (χ3v) is 4.18. The fourth-order valence-electron chi connectivity index (χ4n) is 1.91. The minimum atomic E-state index is -0.162. The van der Waals surface area contributed by atoms with Crippen molar-refractivity contribution in [2.45, 2.75) is 41.9 Å². The minimum Gasteiger partial charge on any atom is -0.328 e. The number of nitrogens with two attached hydrogens (primary N) is 1. The Balaban J connectivity index is 0.00000128. The molecule has 0 aromatic heterocycles.